The van der Waals surface area contributed by atoms with E-state index in [2.05, 4.69) is 4.98 Å². The summed E-state index contributed by atoms with van der Waals surface area (Å²) < 4.78 is 1.80. The summed E-state index contributed by atoms with van der Waals surface area (Å²) in [7, 11) is 1.75. The first-order chi connectivity index (χ1) is 9.15. The molecule has 0 N–H and O–H groups in total. The van der Waals surface area contributed by atoms with E-state index in [0.29, 0.717) is 18.8 Å². The first kappa shape index (κ1) is 11.7. The van der Waals surface area contributed by atoms with E-state index in [1.165, 1.54) is 0 Å². The number of carbonyl (C=O) groups is 2. The van der Waals surface area contributed by atoms with Crippen LogP contribution in [-0.4, -0.2) is 57.7 Å². The van der Waals surface area contributed by atoms with Gasteiger partial charge in [0, 0.05) is 32.5 Å². The minimum atomic E-state index is -0.190. The van der Waals surface area contributed by atoms with Crippen molar-refractivity contribution in [3.63, 3.8) is 0 Å². The Labute approximate surface area is 110 Å². The van der Waals surface area contributed by atoms with E-state index >= 15 is 0 Å². The smallest absolute Gasteiger partial charge is 0.274 e. The van der Waals surface area contributed by atoms with Crippen LogP contribution in [0.5, 0.6) is 0 Å². The Morgan fingerprint density at radius 2 is 2.16 bits per heavy atom. The molecule has 0 bridgehead atoms. The van der Waals surface area contributed by atoms with Crippen molar-refractivity contribution in [2.75, 3.05) is 26.7 Å². The van der Waals surface area contributed by atoms with Crippen LogP contribution in [0.1, 0.15) is 10.5 Å². The van der Waals surface area contributed by atoms with E-state index < -0.39 is 0 Å². The van der Waals surface area contributed by atoms with Crippen molar-refractivity contribution < 1.29 is 9.59 Å². The van der Waals surface area contributed by atoms with Gasteiger partial charge >= 0.3 is 0 Å². The molecule has 2 aromatic heterocycles. The highest BCUT2D eigenvalue weighted by Crippen LogP contribution is 2.10. The molecule has 0 atom stereocenters. The van der Waals surface area contributed by atoms with Gasteiger partial charge in [-0.2, -0.15) is 0 Å². The molecular formula is C13H14N4O2. The molecule has 1 fully saturated rings. The lowest BCUT2D eigenvalue weighted by atomic mass is 10.3. The molecule has 3 rings (SSSR count). The van der Waals surface area contributed by atoms with Crippen molar-refractivity contribution in [1.82, 2.24) is 19.2 Å². The summed E-state index contributed by atoms with van der Waals surface area (Å²) >= 11 is 0. The van der Waals surface area contributed by atoms with Crippen molar-refractivity contribution in [2.24, 2.45) is 0 Å². The van der Waals surface area contributed by atoms with Gasteiger partial charge in [-0.05, 0) is 12.1 Å². The van der Waals surface area contributed by atoms with Crippen molar-refractivity contribution in [3.05, 3.63) is 36.3 Å². The van der Waals surface area contributed by atoms with Gasteiger partial charge in [0.25, 0.3) is 5.91 Å². The summed E-state index contributed by atoms with van der Waals surface area (Å²) in [6.45, 7) is 1.25. The first-order valence-corrected chi connectivity index (χ1v) is 6.12. The number of aromatic nitrogens is 2. The van der Waals surface area contributed by atoms with Crippen molar-refractivity contribution >= 4 is 17.5 Å². The van der Waals surface area contributed by atoms with Gasteiger partial charge in [-0.25, -0.2) is 4.98 Å². The molecule has 0 saturated carbocycles. The summed E-state index contributed by atoms with van der Waals surface area (Å²) in [5.41, 5.74) is 1.11. The molecule has 0 radical (unpaired) electrons. The minimum absolute atomic E-state index is 0.0386. The predicted molar refractivity (Wildman–Crippen MR) is 68.7 cm³/mol. The normalized spacial score (nSPS) is 16.2. The van der Waals surface area contributed by atoms with Gasteiger partial charge in [0.05, 0.1) is 0 Å². The summed E-state index contributed by atoms with van der Waals surface area (Å²) in [6, 6.07) is 5.59. The first-order valence-electron chi connectivity index (χ1n) is 6.12. The molecule has 0 spiro atoms. The number of piperazine rings is 1. The average molecular weight is 258 g/mol. The van der Waals surface area contributed by atoms with E-state index in [4.69, 9.17) is 0 Å². The number of hydrogen-bond acceptors (Lipinski definition) is 3. The van der Waals surface area contributed by atoms with E-state index in [9.17, 15) is 9.59 Å². The molecule has 6 nitrogen and oxygen atoms in total. The van der Waals surface area contributed by atoms with Gasteiger partial charge < -0.3 is 14.2 Å². The molecule has 19 heavy (non-hydrogen) atoms. The molecule has 0 unspecified atom stereocenters. The molecule has 2 amide bonds. The zero-order valence-corrected chi connectivity index (χ0v) is 10.6. The van der Waals surface area contributed by atoms with Crippen LogP contribution in [0.3, 0.4) is 0 Å². The lowest BCUT2D eigenvalue weighted by Crippen LogP contribution is -2.50. The number of nitrogens with zero attached hydrogens (tertiary/aromatic N) is 4. The topological polar surface area (TPSA) is 57.9 Å². The lowest BCUT2D eigenvalue weighted by molar-refractivity contribution is -0.133. The van der Waals surface area contributed by atoms with Crippen LogP contribution in [0.15, 0.2) is 30.6 Å². The minimum Gasteiger partial charge on any atom is -0.342 e. The van der Waals surface area contributed by atoms with Gasteiger partial charge in [0.15, 0.2) is 0 Å². The van der Waals surface area contributed by atoms with Gasteiger partial charge in [-0.15, -0.1) is 0 Å². The Morgan fingerprint density at radius 1 is 1.32 bits per heavy atom. The van der Waals surface area contributed by atoms with Crippen molar-refractivity contribution in [2.45, 2.75) is 0 Å². The van der Waals surface area contributed by atoms with Crippen molar-refractivity contribution in [3.8, 4) is 0 Å². The maximum absolute atomic E-state index is 12.3. The highest BCUT2D eigenvalue weighted by atomic mass is 16.2. The molecule has 0 aliphatic carbocycles. The molecule has 3 heterocycles. The monoisotopic (exact) mass is 258 g/mol. The molecule has 0 aromatic carbocycles. The van der Waals surface area contributed by atoms with Crippen molar-refractivity contribution in [1.29, 1.82) is 0 Å². The van der Waals surface area contributed by atoms with E-state index in [0.717, 1.165) is 5.65 Å². The maximum atomic E-state index is 12.3. The molecular weight excluding hydrogens is 244 g/mol. The fourth-order valence-electron chi connectivity index (χ4n) is 2.13. The number of pyridine rings is 1. The Kier molecular flexibility index (Phi) is 2.70. The lowest BCUT2D eigenvalue weighted by Gasteiger charge is -2.31. The Bertz CT molecular complexity index is 616. The number of fused-ring (bicyclic) bond motifs is 1. The third kappa shape index (κ3) is 2.05. The van der Waals surface area contributed by atoms with Crippen LogP contribution in [0.2, 0.25) is 0 Å². The number of carbonyl (C=O) groups excluding carboxylic acids is 2. The van der Waals surface area contributed by atoms with Crippen LogP contribution in [-0.2, 0) is 4.79 Å². The highest BCUT2D eigenvalue weighted by molar-refractivity contribution is 5.96. The Morgan fingerprint density at radius 3 is 2.89 bits per heavy atom. The average Bonchev–Trinajstić information content (AvgIpc) is 2.85. The third-order valence-electron chi connectivity index (χ3n) is 3.33. The molecule has 1 aliphatic heterocycles. The number of imidazole rings is 1. The van der Waals surface area contributed by atoms with Crippen LogP contribution in [0.25, 0.3) is 5.65 Å². The second-order valence-electron chi connectivity index (χ2n) is 4.63. The summed E-state index contributed by atoms with van der Waals surface area (Å²) in [5, 5.41) is 0. The van der Waals surface area contributed by atoms with Crippen LogP contribution < -0.4 is 0 Å². The predicted octanol–water partition coefficient (Wildman–Crippen LogP) is 0.248. The zero-order chi connectivity index (χ0) is 13.4. The summed E-state index contributed by atoms with van der Waals surface area (Å²) in [6.07, 6.45) is 3.54. The molecule has 6 heteroatoms. The van der Waals surface area contributed by atoms with Gasteiger partial charge in [0.1, 0.15) is 17.9 Å². The molecule has 2 aromatic rings. The summed E-state index contributed by atoms with van der Waals surface area (Å²) in [4.78, 5) is 31.4. The Hall–Kier alpha value is -2.37. The fourth-order valence-corrected chi connectivity index (χ4v) is 2.13. The molecule has 98 valence electrons. The summed E-state index contributed by atoms with van der Waals surface area (Å²) in [5.74, 6) is -0.228. The number of rotatable bonds is 1. The quantitative estimate of drug-likeness (QED) is 0.736. The maximum Gasteiger partial charge on any atom is 0.274 e. The number of amides is 2. The van der Waals surface area contributed by atoms with Gasteiger partial charge in [-0.1, -0.05) is 6.07 Å². The SMILES string of the molecule is CN1CCN(C(=O)c2cn3ccccc3n2)CC1=O. The van der Waals surface area contributed by atoms with Crippen LogP contribution in [0.4, 0.5) is 0 Å². The van der Waals surface area contributed by atoms with E-state index in [1.807, 2.05) is 24.4 Å². The van der Waals surface area contributed by atoms with Crippen LogP contribution >= 0.6 is 0 Å². The zero-order valence-electron chi connectivity index (χ0n) is 10.6. The standard InChI is InChI=1S/C13H14N4O2/c1-15-6-7-17(9-12(15)18)13(19)10-8-16-5-3-2-4-11(16)14-10/h2-5,8H,6-7,9H2,1H3. The second-order valence-corrected chi connectivity index (χ2v) is 4.63. The van der Waals surface area contributed by atoms with Gasteiger partial charge in [0.2, 0.25) is 5.91 Å². The fraction of sp³-hybridized carbons (Fsp3) is 0.308. The second kappa shape index (κ2) is 4.38. The highest BCUT2D eigenvalue weighted by Gasteiger charge is 2.26. The van der Waals surface area contributed by atoms with Crippen LogP contribution in [0, 0.1) is 0 Å². The van der Waals surface area contributed by atoms with E-state index in [-0.39, 0.29) is 18.4 Å². The molecule has 1 aliphatic rings. The van der Waals surface area contributed by atoms with E-state index in [1.54, 1.807) is 27.4 Å². The largest absolute Gasteiger partial charge is 0.342 e. The Balaban J connectivity index is 1.85. The number of likely N-dealkylation sites (N-methyl/N-ethyl adjacent to an activating group) is 1. The molecule has 1 saturated heterocycles. The number of hydrogen-bond donors (Lipinski definition) is 0. The third-order valence-corrected chi connectivity index (χ3v) is 3.33. The van der Waals surface area contributed by atoms with Gasteiger partial charge in [-0.3, -0.25) is 9.59 Å².